The van der Waals surface area contributed by atoms with Crippen molar-refractivity contribution in [3.63, 3.8) is 0 Å². The Morgan fingerprint density at radius 2 is 1.65 bits per heavy atom. The van der Waals surface area contributed by atoms with Gasteiger partial charge in [0.05, 0.1) is 12.6 Å². The summed E-state index contributed by atoms with van der Waals surface area (Å²) in [6.45, 7) is 2.88. The zero-order valence-corrected chi connectivity index (χ0v) is 21.0. The number of hydrogen-bond donors (Lipinski definition) is 2. The third-order valence-electron chi connectivity index (χ3n) is 7.67. The maximum atomic E-state index is 13.9. The van der Waals surface area contributed by atoms with Crippen LogP contribution in [0, 0.1) is 0 Å². The highest BCUT2D eigenvalue weighted by atomic mass is 16.5. The molecule has 2 aliphatic rings. The zero-order chi connectivity index (χ0) is 25.4. The SMILES string of the molecule is CCCCOc1ccc([C@@H]2CC(=O)C3=C(C2)c2c(ccc4ccccc24)N[C@H]3c2ccc(O)cc2)cc1. The van der Waals surface area contributed by atoms with Gasteiger partial charge in [0.2, 0.25) is 0 Å². The molecule has 0 saturated heterocycles. The van der Waals surface area contributed by atoms with Crippen LogP contribution in [0.25, 0.3) is 16.3 Å². The molecule has 1 heterocycles. The number of allylic oxidation sites excluding steroid dienone is 1. The van der Waals surface area contributed by atoms with Gasteiger partial charge in [-0.1, -0.05) is 67.9 Å². The van der Waals surface area contributed by atoms with E-state index in [-0.39, 0.29) is 23.5 Å². The molecule has 1 aliphatic carbocycles. The molecular formula is C33H31NO3. The molecule has 0 fully saturated rings. The highest BCUT2D eigenvalue weighted by Gasteiger charge is 2.38. The normalized spacial score (nSPS) is 18.8. The number of carbonyl (C=O) groups excluding carboxylic acids is 1. The van der Waals surface area contributed by atoms with Crippen molar-refractivity contribution in [2.24, 2.45) is 0 Å². The minimum Gasteiger partial charge on any atom is -0.508 e. The molecule has 4 heteroatoms. The van der Waals surface area contributed by atoms with E-state index in [4.69, 9.17) is 4.74 Å². The average molecular weight is 490 g/mol. The van der Waals surface area contributed by atoms with Gasteiger partial charge in [-0.2, -0.15) is 0 Å². The number of anilines is 1. The number of aromatic hydroxyl groups is 1. The van der Waals surface area contributed by atoms with Crippen molar-refractivity contribution >= 4 is 27.8 Å². The smallest absolute Gasteiger partial charge is 0.162 e. The first-order valence-electron chi connectivity index (χ1n) is 13.2. The Labute approximate surface area is 217 Å². The van der Waals surface area contributed by atoms with E-state index in [1.54, 1.807) is 12.1 Å². The number of benzene rings is 4. The number of hydrogen-bond acceptors (Lipinski definition) is 4. The first kappa shape index (κ1) is 23.4. The highest BCUT2D eigenvalue weighted by molar-refractivity contribution is 6.13. The predicted molar refractivity (Wildman–Crippen MR) is 149 cm³/mol. The van der Waals surface area contributed by atoms with Crippen molar-refractivity contribution < 1.29 is 14.6 Å². The van der Waals surface area contributed by atoms with Crippen molar-refractivity contribution in [1.82, 2.24) is 0 Å². The van der Waals surface area contributed by atoms with Gasteiger partial charge in [0.1, 0.15) is 11.5 Å². The van der Waals surface area contributed by atoms with Crippen LogP contribution < -0.4 is 10.1 Å². The van der Waals surface area contributed by atoms with Crippen LogP contribution >= 0.6 is 0 Å². The number of carbonyl (C=O) groups is 1. The van der Waals surface area contributed by atoms with E-state index in [2.05, 4.69) is 60.8 Å². The Morgan fingerprint density at radius 1 is 0.892 bits per heavy atom. The molecular weight excluding hydrogens is 458 g/mol. The quantitative estimate of drug-likeness (QED) is 0.271. The molecule has 0 amide bonds. The van der Waals surface area contributed by atoms with Gasteiger partial charge < -0.3 is 15.2 Å². The number of phenolic OH excluding ortho intramolecular Hbond substituents is 1. The monoisotopic (exact) mass is 489 g/mol. The van der Waals surface area contributed by atoms with Crippen molar-refractivity contribution in [2.45, 2.75) is 44.6 Å². The number of phenols is 1. The molecule has 4 aromatic carbocycles. The van der Waals surface area contributed by atoms with E-state index in [1.165, 1.54) is 10.9 Å². The van der Waals surface area contributed by atoms with E-state index in [1.807, 2.05) is 24.3 Å². The Kier molecular flexibility index (Phi) is 6.17. The van der Waals surface area contributed by atoms with Gasteiger partial charge in [0, 0.05) is 23.2 Å². The summed E-state index contributed by atoms with van der Waals surface area (Å²) in [5, 5.41) is 15.8. The minimum absolute atomic E-state index is 0.112. The zero-order valence-electron chi connectivity index (χ0n) is 21.0. The summed E-state index contributed by atoms with van der Waals surface area (Å²) in [5.41, 5.74) is 6.32. The fourth-order valence-corrected chi connectivity index (χ4v) is 5.77. The van der Waals surface area contributed by atoms with Crippen molar-refractivity contribution in [1.29, 1.82) is 0 Å². The fourth-order valence-electron chi connectivity index (χ4n) is 5.77. The molecule has 0 radical (unpaired) electrons. The number of nitrogens with one attached hydrogen (secondary N) is 1. The summed E-state index contributed by atoms with van der Waals surface area (Å²) in [4.78, 5) is 13.9. The summed E-state index contributed by atoms with van der Waals surface area (Å²) >= 11 is 0. The van der Waals surface area contributed by atoms with E-state index >= 15 is 0 Å². The number of ketones is 1. The van der Waals surface area contributed by atoms with Crippen LogP contribution in [0.15, 0.2) is 90.5 Å². The maximum absolute atomic E-state index is 13.9. The number of Topliss-reactive ketones (excluding diaryl/α,β-unsaturated/α-hetero) is 1. The maximum Gasteiger partial charge on any atom is 0.162 e. The van der Waals surface area contributed by atoms with Crippen LogP contribution in [-0.4, -0.2) is 17.5 Å². The lowest BCUT2D eigenvalue weighted by Gasteiger charge is -2.37. The number of fused-ring (bicyclic) bond motifs is 4. The molecule has 4 nitrogen and oxygen atoms in total. The van der Waals surface area contributed by atoms with E-state index in [0.29, 0.717) is 6.42 Å². The van der Waals surface area contributed by atoms with Gasteiger partial charge in [-0.05, 0) is 76.6 Å². The van der Waals surface area contributed by atoms with Crippen LogP contribution in [0.4, 0.5) is 5.69 Å². The first-order valence-corrected chi connectivity index (χ1v) is 13.2. The second-order valence-electron chi connectivity index (χ2n) is 10.1. The standard InChI is InChI=1S/C33H31NO3/c1-2-3-18-37-26-15-10-21(11-16-26)24-19-28-31-27-7-5-4-6-22(27)12-17-29(31)34-33(32(28)30(36)20-24)23-8-13-25(35)14-9-23/h4-17,24,33-35H,2-3,18-20H2,1H3/t24-,33-/m0/s1. The lowest BCUT2D eigenvalue weighted by atomic mass is 9.71. The van der Waals surface area contributed by atoms with Crippen LogP contribution in [-0.2, 0) is 4.79 Å². The molecule has 1 aliphatic heterocycles. The third-order valence-corrected chi connectivity index (χ3v) is 7.67. The molecule has 0 bridgehead atoms. The van der Waals surface area contributed by atoms with Crippen molar-refractivity contribution in [3.05, 3.63) is 107 Å². The van der Waals surface area contributed by atoms with Gasteiger partial charge in [-0.3, -0.25) is 4.79 Å². The number of unbranched alkanes of at least 4 members (excludes halogenated alkanes) is 1. The Morgan fingerprint density at radius 3 is 2.43 bits per heavy atom. The van der Waals surface area contributed by atoms with E-state index < -0.39 is 0 Å². The largest absolute Gasteiger partial charge is 0.508 e. The summed E-state index contributed by atoms with van der Waals surface area (Å²) in [5.74, 6) is 1.39. The van der Waals surface area contributed by atoms with Crippen LogP contribution in [0.3, 0.4) is 0 Å². The molecule has 2 N–H and O–H groups in total. The average Bonchev–Trinajstić information content (AvgIpc) is 2.93. The molecule has 0 aromatic heterocycles. The van der Waals surface area contributed by atoms with Crippen molar-refractivity contribution in [3.8, 4) is 11.5 Å². The predicted octanol–water partition coefficient (Wildman–Crippen LogP) is 7.79. The Bertz CT molecular complexity index is 1480. The Balaban J connectivity index is 1.43. The fraction of sp³-hybridized carbons (Fsp3) is 0.242. The lowest BCUT2D eigenvalue weighted by molar-refractivity contribution is -0.116. The molecule has 37 heavy (non-hydrogen) atoms. The van der Waals surface area contributed by atoms with Gasteiger partial charge in [-0.25, -0.2) is 0 Å². The second-order valence-corrected chi connectivity index (χ2v) is 10.1. The van der Waals surface area contributed by atoms with Crippen LogP contribution in [0.1, 0.15) is 61.3 Å². The van der Waals surface area contributed by atoms with E-state index in [9.17, 15) is 9.90 Å². The van der Waals surface area contributed by atoms with Gasteiger partial charge in [-0.15, -0.1) is 0 Å². The Hall–Kier alpha value is -4.05. The van der Waals surface area contributed by atoms with Crippen LogP contribution in [0.2, 0.25) is 0 Å². The summed E-state index contributed by atoms with van der Waals surface area (Å²) < 4.78 is 5.86. The third kappa shape index (κ3) is 4.37. The number of ether oxygens (including phenoxy) is 1. The number of rotatable bonds is 6. The second kappa shape index (κ2) is 9.78. The van der Waals surface area contributed by atoms with Gasteiger partial charge >= 0.3 is 0 Å². The van der Waals surface area contributed by atoms with E-state index in [0.717, 1.165) is 65.0 Å². The lowest BCUT2D eigenvalue weighted by Crippen LogP contribution is -2.29. The summed E-state index contributed by atoms with van der Waals surface area (Å²) in [6, 6.07) is 27.9. The molecule has 0 spiro atoms. The molecule has 2 atom stereocenters. The molecule has 0 saturated carbocycles. The molecule has 0 unspecified atom stereocenters. The van der Waals surface area contributed by atoms with Gasteiger partial charge in [0.25, 0.3) is 0 Å². The first-order chi connectivity index (χ1) is 18.1. The van der Waals surface area contributed by atoms with Crippen LogP contribution in [0.5, 0.6) is 11.5 Å². The summed E-state index contributed by atoms with van der Waals surface area (Å²) in [6.07, 6.45) is 3.43. The van der Waals surface area contributed by atoms with Crippen molar-refractivity contribution in [2.75, 3.05) is 11.9 Å². The molecule has 4 aromatic rings. The highest BCUT2D eigenvalue weighted by Crippen LogP contribution is 2.51. The van der Waals surface area contributed by atoms with Gasteiger partial charge in [0.15, 0.2) is 5.78 Å². The topological polar surface area (TPSA) is 58.6 Å². The molecule has 6 rings (SSSR count). The summed E-state index contributed by atoms with van der Waals surface area (Å²) in [7, 11) is 0. The molecule has 186 valence electrons. The minimum atomic E-state index is -0.243.